The number of nitrogens with one attached hydrogen (secondary N) is 2. The lowest BCUT2D eigenvalue weighted by Crippen LogP contribution is -2.55. The Balaban J connectivity index is 2.85. The largest absolute Gasteiger partial charge is 0.508 e. The number of aliphatic hydroxyl groups excluding tert-OH is 1. The van der Waals surface area contributed by atoms with E-state index in [1.807, 2.05) is 0 Å². The van der Waals surface area contributed by atoms with Crippen LogP contribution < -0.4 is 16.4 Å². The predicted molar refractivity (Wildman–Crippen MR) is 84.0 cm³/mol. The smallest absolute Gasteiger partial charge is 0.322 e. The molecule has 0 bridgehead atoms. The molecule has 2 amide bonds. The van der Waals surface area contributed by atoms with Gasteiger partial charge in [-0.25, -0.2) is 0 Å². The van der Waals surface area contributed by atoms with Crippen molar-refractivity contribution in [3.05, 3.63) is 29.8 Å². The lowest BCUT2D eigenvalue weighted by molar-refractivity contribution is -0.138. The van der Waals surface area contributed by atoms with E-state index in [-0.39, 0.29) is 12.2 Å². The molecule has 132 valence electrons. The van der Waals surface area contributed by atoms with E-state index in [9.17, 15) is 24.6 Å². The molecule has 3 atom stereocenters. The normalized spacial score (nSPS) is 14.3. The van der Waals surface area contributed by atoms with E-state index in [4.69, 9.17) is 10.8 Å². The number of phenolic OH excluding ortho intramolecular Hbond substituents is 1. The van der Waals surface area contributed by atoms with Crippen LogP contribution in [0.25, 0.3) is 0 Å². The highest BCUT2D eigenvalue weighted by Gasteiger charge is 2.26. The van der Waals surface area contributed by atoms with Crippen LogP contribution in [0.2, 0.25) is 0 Å². The third kappa shape index (κ3) is 6.23. The highest BCUT2D eigenvalue weighted by atomic mass is 16.4. The summed E-state index contributed by atoms with van der Waals surface area (Å²) in [7, 11) is 0. The van der Waals surface area contributed by atoms with Gasteiger partial charge in [-0.05, 0) is 24.6 Å². The quantitative estimate of drug-likeness (QED) is 0.330. The lowest BCUT2D eigenvalue weighted by Gasteiger charge is -2.21. The number of nitrogens with two attached hydrogens (primary N) is 1. The minimum atomic E-state index is -1.22. The van der Waals surface area contributed by atoms with Gasteiger partial charge in [-0.3, -0.25) is 14.4 Å². The van der Waals surface area contributed by atoms with Crippen LogP contribution in [0.4, 0.5) is 0 Å². The number of carboxylic acid groups (broad SMARTS) is 1. The predicted octanol–water partition coefficient (Wildman–Crippen LogP) is -1.67. The maximum atomic E-state index is 12.1. The standard InChI is InChI=1S/C15H21N3O6/c1-8(19)13(16)15(24)18-11(14(23)17-7-12(21)22)6-9-2-4-10(20)5-3-9/h2-5,8,11,13,19-20H,6-7,16H2,1H3,(H,17,23)(H,18,24)(H,21,22). The molecule has 9 heteroatoms. The van der Waals surface area contributed by atoms with Crippen molar-refractivity contribution < 1.29 is 29.7 Å². The summed E-state index contributed by atoms with van der Waals surface area (Å²) >= 11 is 0. The molecule has 0 fully saturated rings. The van der Waals surface area contributed by atoms with Gasteiger partial charge in [0.2, 0.25) is 11.8 Å². The van der Waals surface area contributed by atoms with E-state index in [0.29, 0.717) is 5.56 Å². The number of hydrogen-bond donors (Lipinski definition) is 6. The fourth-order valence-electron chi connectivity index (χ4n) is 1.85. The third-order valence-corrected chi connectivity index (χ3v) is 3.25. The monoisotopic (exact) mass is 339 g/mol. The maximum Gasteiger partial charge on any atom is 0.322 e. The zero-order chi connectivity index (χ0) is 18.3. The van der Waals surface area contributed by atoms with Crippen LogP contribution in [0.1, 0.15) is 12.5 Å². The lowest BCUT2D eigenvalue weighted by atomic mass is 10.0. The van der Waals surface area contributed by atoms with Crippen LogP contribution in [-0.4, -0.2) is 57.8 Å². The molecular formula is C15H21N3O6. The van der Waals surface area contributed by atoms with Gasteiger partial charge in [0.15, 0.2) is 0 Å². The molecule has 9 nitrogen and oxygen atoms in total. The SMILES string of the molecule is CC(O)C(N)C(=O)NC(Cc1ccc(O)cc1)C(=O)NCC(=O)O. The topological polar surface area (TPSA) is 162 Å². The summed E-state index contributed by atoms with van der Waals surface area (Å²) in [6.45, 7) is 0.743. The van der Waals surface area contributed by atoms with Gasteiger partial charge in [-0.15, -0.1) is 0 Å². The molecule has 0 saturated heterocycles. The Morgan fingerprint density at radius 2 is 1.75 bits per heavy atom. The highest BCUT2D eigenvalue weighted by Crippen LogP contribution is 2.11. The number of benzene rings is 1. The summed E-state index contributed by atoms with van der Waals surface area (Å²) in [5.41, 5.74) is 6.16. The Morgan fingerprint density at radius 3 is 2.25 bits per heavy atom. The second-order valence-electron chi connectivity index (χ2n) is 5.31. The van der Waals surface area contributed by atoms with Crippen LogP contribution in [0, 0.1) is 0 Å². The summed E-state index contributed by atoms with van der Waals surface area (Å²) in [6.07, 6.45) is -1.05. The average Bonchev–Trinajstić information content (AvgIpc) is 2.52. The molecule has 0 radical (unpaired) electrons. The van der Waals surface area contributed by atoms with Crippen LogP contribution in [0.15, 0.2) is 24.3 Å². The number of aliphatic carboxylic acids is 1. The summed E-state index contributed by atoms with van der Waals surface area (Å²) in [4.78, 5) is 34.6. The zero-order valence-corrected chi connectivity index (χ0v) is 13.1. The van der Waals surface area contributed by atoms with Crippen LogP contribution >= 0.6 is 0 Å². The van der Waals surface area contributed by atoms with E-state index in [0.717, 1.165) is 0 Å². The first-order valence-electron chi connectivity index (χ1n) is 7.22. The second kappa shape index (κ2) is 8.85. The summed E-state index contributed by atoms with van der Waals surface area (Å²) in [5.74, 6) is -2.61. The van der Waals surface area contributed by atoms with Crippen molar-refractivity contribution in [1.82, 2.24) is 10.6 Å². The molecule has 0 aromatic heterocycles. The molecule has 0 aliphatic heterocycles. The van der Waals surface area contributed by atoms with Crippen molar-refractivity contribution in [3.63, 3.8) is 0 Å². The molecule has 7 N–H and O–H groups in total. The van der Waals surface area contributed by atoms with Gasteiger partial charge in [0.05, 0.1) is 6.10 Å². The summed E-state index contributed by atoms with van der Waals surface area (Å²) < 4.78 is 0. The molecule has 3 unspecified atom stereocenters. The fraction of sp³-hybridized carbons (Fsp3) is 0.400. The number of hydrogen-bond acceptors (Lipinski definition) is 6. The van der Waals surface area contributed by atoms with Gasteiger partial charge in [0.25, 0.3) is 0 Å². The van der Waals surface area contributed by atoms with E-state index < -0.39 is 42.5 Å². The van der Waals surface area contributed by atoms with Crippen molar-refractivity contribution in [2.45, 2.75) is 31.5 Å². The average molecular weight is 339 g/mol. The van der Waals surface area contributed by atoms with E-state index in [1.165, 1.54) is 19.1 Å². The molecule has 0 heterocycles. The second-order valence-corrected chi connectivity index (χ2v) is 5.31. The molecular weight excluding hydrogens is 318 g/mol. The van der Waals surface area contributed by atoms with Gasteiger partial charge in [-0.1, -0.05) is 12.1 Å². The Kier molecular flexibility index (Phi) is 7.15. The molecule has 24 heavy (non-hydrogen) atoms. The molecule has 0 spiro atoms. The van der Waals surface area contributed by atoms with Crippen molar-refractivity contribution in [2.75, 3.05) is 6.54 Å². The molecule has 0 aliphatic rings. The minimum Gasteiger partial charge on any atom is -0.508 e. The van der Waals surface area contributed by atoms with Crippen LogP contribution in [-0.2, 0) is 20.8 Å². The number of carbonyl (C=O) groups excluding carboxylic acids is 2. The van der Waals surface area contributed by atoms with Crippen molar-refractivity contribution in [1.29, 1.82) is 0 Å². The summed E-state index contributed by atoms with van der Waals surface area (Å²) in [5, 5.41) is 31.8. The Morgan fingerprint density at radius 1 is 1.17 bits per heavy atom. The number of phenols is 1. The van der Waals surface area contributed by atoms with Crippen molar-refractivity contribution in [2.24, 2.45) is 5.73 Å². The van der Waals surface area contributed by atoms with E-state index in [2.05, 4.69) is 10.6 Å². The van der Waals surface area contributed by atoms with Gasteiger partial charge < -0.3 is 31.7 Å². The first-order valence-corrected chi connectivity index (χ1v) is 7.22. The molecule has 0 aliphatic carbocycles. The number of aliphatic hydroxyl groups is 1. The Hall–Kier alpha value is -2.65. The first-order chi connectivity index (χ1) is 11.2. The fourth-order valence-corrected chi connectivity index (χ4v) is 1.85. The molecule has 0 saturated carbocycles. The highest BCUT2D eigenvalue weighted by molar-refractivity contribution is 5.91. The maximum absolute atomic E-state index is 12.1. The van der Waals surface area contributed by atoms with E-state index >= 15 is 0 Å². The van der Waals surface area contributed by atoms with Crippen molar-refractivity contribution in [3.8, 4) is 5.75 Å². The Bertz CT molecular complexity index is 587. The summed E-state index contributed by atoms with van der Waals surface area (Å²) in [6, 6.07) is 3.67. The van der Waals surface area contributed by atoms with Crippen LogP contribution in [0.3, 0.4) is 0 Å². The zero-order valence-electron chi connectivity index (χ0n) is 13.1. The Labute approximate surface area is 138 Å². The first kappa shape index (κ1) is 19.4. The van der Waals surface area contributed by atoms with Gasteiger partial charge in [0.1, 0.15) is 24.4 Å². The van der Waals surface area contributed by atoms with Gasteiger partial charge in [0, 0.05) is 6.42 Å². The number of aromatic hydroxyl groups is 1. The number of carboxylic acids is 1. The number of rotatable bonds is 8. The van der Waals surface area contributed by atoms with E-state index in [1.54, 1.807) is 12.1 Å². The van der Waals surface area contributed by atoms with Crippen LogP contribution in [0.5, 0.6) is 5.75 Å². The van der Waals surface area contributed by atoms with Gasteiger partial charge in [-0.2, -0.15) is 0 Å². The molecule has 1 aromatic rings. The third-order valence-electron chi connectivity index (χ3n) is 3.25. The number of carbonyl (C=O) groups is 3. The van der Waals surface area contributed by atoms with Gasteiger partial charge >= 0.3 is 5.97 Å². The number of amides is 2. The minimum absolute atomic E-state index is 0.0470. The molecule has 1 aromatic carbocycles. The molecule has 1 rings (SSSR count). The van der Waals surface area contributed by atoms with Crippen molar-refractivity contribution >= 4 is 17.8 Å².